The van der Waals surface area contributed by atoms with Gasteiger partial charge in [-0.1, -0.05) is 19.8 Å². The number of pyridine rings is 1. The lowest BCUT2D eigenvalue weighted by molar-refractivity contribution is -0.157. The average molecular weight is 377 g/mol. The monoisotopic (exact) mass is 377 g/mol. The van der Waals surface area contributed by atoms with Gasteiger partial charge in [-0.05, 0) is 12.5 Å². The quantitative estimate of drug-likeness (QED) is 0.417. The zero-order chi connectivity index (χ0) is 19.4. The van der Waals surface area contributed by atoms with Crippen LogP contribution in [0.15, 0.2) is 18.5 Å². The number of carbonyl (C=O) groups excluding carboxylic acids is 2. The number of hydrogen-bond acceptors (Lipinski definition) is 5. The highest BCUT2D eigenvalue weighted by Crippen LogP contribution is 2.34. The lowest BCUT2D eigenvalue weighted by Gasteiger charge is -2.28. The molecule has 0 aromatic carbocycles. The van der Waals surface area contributed by atoms with Gasteiger partial charge in [0, 0.05) is 12.6 Å². The fourth-order valence-electron chi connectivity index (χ4n) is 3.57. The SMILES string of the molecule is CCCC[C@H](CN(O)C=O)C(=O)N1C[C@H](F)C[C@H]1c1nc2ccncc2[nH]1. The number of likely N-dealkylation sites (tertiary alicyclic amines) is 1. The number of carbonyl (C=O) groups is 2. The van der Waals surface area contributed by atoms with Crippen molar-refractivity contribution >= 4 is 23.4 Å². The highest BCUT2D eigenvalue weighted by molar-refractivity contribution is 5.80. The van der Waals surface area contributed by atoms with Gasteiger partial charge in [0.2, 0.25) is 12.3 Å². The third kappa shape index (κ3) is 4.24. The third-order valence-corrected chi connectivity index (χ3v) is 4.93. The number of aromatic amines is 1. The van der Waals surface area contributed by atoms with Crippen LogP contribution in [-0.2, 0) is 9.59 Å². The third-order valence-electron chi connectivity index (χ3n) is 4.93. The number of hydrogen-bond donors (Lipinski definition) is 2. The Morgan fingerprint density at radius 2 is 2.41 bits per heavy atom. The average Bonchev–Trinajstić information content (AvgIpc) is 3.27. The molecular formula is C18H24FN5O3. The molecule has 1 saturated heterocycles. The summed E-state index contributed by atoms with van der Waals surface area (Å²) >= 11 is 0. The number of nitrogens with one attached hydrogen (secondary N) is 1. The number of rotatable bonds is 8. The summed E-state index contributed by atoms with van der Waals surface area (Å²) < 4.78 is 14.2. The zero-order valence-electron chi connectivity index (χ0n) is 15.2. The van der Waals surface area contributed by atoms with Gasteiger partial charge in [-0.25, -0.2) is 14.4 Å². The van der Waals surface area contributed by atoms with Gasteiger partial charge in [-0.15, -0.1) is 0 Å². The summed E-state index contributed by atoms with van der Waals surface area (Å²) in [5, 5.41) is 10.0. The van der Waals surface area contributed by atoms with Crippen molar-refractivity contribution in [3.05, 3.63) is 24.3 Å². The number of fused-ring (bicyclic) bond motifs is 1. The molecule has 3 rings (SSSR count). The number of halogens is 1. The van der Waals surface area contributed by atoms with Crippen molar-refractivity contribution in [1.82, 2.24) is 24.9 Å². The van der Waals surface area contributed by atoms with Crippen LogP contribution in [0.5, 0.6) is 0 Å². The van der Waals surface area contributed by atoms with Crippen LogP contribution >= 0.6 is 0 Å². The molecule has 2 aromatic rings. The predicted molar refractivity (Wildman–Crippen MR) is 95.4 cm³/mol. The molecule has 0 radical (unpaired) electrons. The Kier molecular flexibility index (Phi) is 6.00. The maximum absolute atomic E-state index is 14.2. The molecule has 146 valence electrons. The first-order valence-corrected chi connectivity index (χ1v) is 9.18. The standard InChI is InChI=1S/C18H24FN5O3/c1-2-3-4-12(9-23(27)11-25)18(26)24-10-13(19)7-16(24)17-21-14-5-6-20-8-15(14)22-17/h5-6,8,11-13,16,27H,2-4,7,9-10H2,1H3,(H,21,22)/t12-,13-,16+/m1/s1. The van der Waals surface area contributed by atoms with E-state index in [0.717, 1.165) is 18.4 Å². The molecule has 0 bridgehead atoms. The molecule has 1 aliphatic heterocycles. The van der Waals surface area contributed by atoms with E-state index < -0.39 is 18.1 Å². The highest BCUT2D eigenvalue weighted by Gasteiger charge is 2.40. The molecule has 0 saturated carbocycles. The van der Waals surface area contributed by atoms with Crippen molar-refractivity contribution in [3.63, 3.8) is 0 Å². The molecule has 2 amide bonds. The number of amides is 2. The van der Waals surface area contributed by atoms with E-state index in [0.29, 0.717) is 22.8 Å². The Labute approximate surface area is 156 Å². The second-order valence-electron chi connectivity index (χ2n) is 6.92. The first-order chi connectivity index (χ1) is 13.0. The van der Waals surface area contributed by atoms with E-state index in [1.807, 2.05) is 6.92 Å². The Morgan fingerprint density at radius 3 is 3.11 bits per heavy atom. The first-order valence-electron chi connectivity index (χ1n) is 9.18. The van der Waals surface area contributed by atoms with Gasteiger partial charge in [0.25, 0.3) is 0 Å². The number of H-pyrrole nitrogens is 1. The minimum absolute atomic E-state index is 0.0199. The molecule has 1 aliphatic rings. The molecule has 2 aromatic heterocycles. The second kappa shape index (κ2) is 8.43. The lowest BCUT2D eigenvalue weighted by Crippen LogP contribution is -2.41. The van der Waals surface area contributed by atoms with E-state index in [-0.39, 0.29) is 31.8 Å². The number of hydroxylamine groups is 2. The number of imidazole rings is 1. The number of nitrogens with zero attached hydrogens (tertiary/aromatic N) is 4. The molecule has 2 N–H and O–H groups in total. The number of aromatic nitrogens is 3. The molecule has 9 heteroatoms. The Bertz CT molecular complexity index is 765. The Morgan fingerprint density at radius 1 is 1.59 bits per heavy atom. The zero-order valence-corrected chi connectivity index (χ0v) is 15.2. The first kappa shape index (κ1) is 19.2. The highest BCUT2D eigenvalue weighted by atomic mass is 19.1. The molecule has 0 unspecified atom stereocenters. The van der Waals surface area contributed by atoms with Gasteiger partial charge >= 0.3 is 0 Å². The predicted octanol–water partition coefficient (Wildman–Crippen LogP) is 2.22. The molecule has 1 fully saturated rings. The van der Waals surface area contributed by atoms with E-state index in [1.54, 1.807) is 18.5 Å². The largest absolute Gasteiger partial charge is 0.339 e. The maximum Gasteiger partial charge on any atom is 0.233 e. The van der Waals surface area contributed by atoms with Gasteiger partial charge in [0.05, 0.1) is 42.3 Å². The van der Waals surface area contributed by atoms with Gasteiger partial charge < -0.3 is 9.88 Å². The minimum Gasteiger partial charge on any atom is -0.339 e. The Balaban J connectivity index is 1.84. The van der Waals surface area contributed by atoms with Crippen LogP contribution in [-0.4, -0.2) is 61.7 Å². The summed E-state index contributed by atoms with van der Waals surface area (Å²) in [5.41, 5.74) is 1.44. The normalized spacial score (nSPS) is 20.8. The summed E-state index contributed by atoms with van der Waals surface area (Å²) in [6.07, 6.45) is 4.72. The molecule has 0 aliphatic carbocycles. The number of unbranched alkanes of at least 4 members (excludes halogenated alkanes) is 1. The van der Waals surface area contributed by atoms with Gasteiger partial charge in [-0.2, -0.15) is 0 Å². The van der Waals surface area contributed by atoms with Crippen LogP contribution < -0.4 is 0 Å². The molecule has 0 spiro atoms. The van der Waals surface area contributed by atoms with Crippen molar-refractivity contribution in [2.45, 2.75) is 44.8 Å². The van der Waals surface area contributed by atoms with E-state index in [9.17, 15) is 19.2 Å². The number of alkyl halides is 1. The maximum atomic E-state index is 14.2. The lowest BCUT2D eigenvalue weighted by atomic mass is 9.99. The summed E-state index contributed by atoms with van der Waals surface area (Å²) in [6.45, 7) is 1.87. The van der Waals surface area contributed by atoms with E-state index >= 15 is 0 Å². The summed E-state index contributed by atoms with van der Waals surface area (Å²) in [4.78, 5) is 37.0. The van der Waals surface area contributed by atoms with Gasteiger partial charge in [0.1, 0.15) is 12.0 Å². The van der Waals surface area contributed by atoms with Crippen molar-refractivity contribution in [2.24, 2.45) is 5.92 Å². The van der Waals surface area contributed by atoms with Gasteiger partial charge in [0.15, 0.2) is 0 Å². The molecule has 3 heterocycles. The van der Waals surface area contributed by atoms with Gasteiger partial charge in [-0.3, -0.25) is 19.8 Å². The molecule has 27 heavy (non-hydrogen) atoms. The van der Waals surface area contributed by atoms with Crippen LogP contribution in [0.25, 0.3) is 11.0 Å². The van der Waals surface area contributed by atoms with Crippen LogP contribution in [0, 0.1) is 5.92 Å². The smallest absolute Gasteiger partial charge is 0.233 e. The Hall–Kier alpha value is -2.55. The second-order valence-corrected chi connectivity index (χ2v) is 6.92. The van der Waals surface area contributed by atoms with E-state index in [2.05, 4.69) is 15.0 Å². The van der Waals surface area contributed by atoms with Crippen LogP contribution in [0.1, 0.15) is 44.5 Å². The van der Waals surface area contributed by atoms with E-state index in [4.69, 9.17) is 0 Å². The van der Waals surface area contributed by atoms with Crippen LogP contribution in [0.4, 0.5) is 4.39 Å². The van der Waals surface area contributed by atoms with Crippen molar-refractivity contribution in [1.29, 1.82) is 0 Å². The molecular weight excluding hydrogens is 353 g/mol. The van der Waals surface area contributed by atoms with Crippen molar-refractivity contribution in [2.75, 3.05) is 13.1 Å². The van der Waals surface area contributed by atoms with E-state index in [1.165, 1.54) is 4.90 Å². The fourth-order valence-corrected chi connectivity index (χ4v) is 3.57. The fraction of sp³-hybridized carbons (Fsp3) is 0.556. The van der Waals surface area contributed by atoms with Crippen molar-refractivity contribution < 1.29 is 19.2 Å². The van der Waals surface area contributed by atoms with Crippen molar-refractivity contribution in [3.8, 4) is 0 Å². The minimum atomic E-state index is -1.14. The topological polar surface area (TPSA) is 102 Å². The molecule has 8 nitrogen and oxygen atoms in total. The van der Waals surface area contributed by atoms with Crippen LogP contribution in [0.2, 0.25) is 0 Å². The summed E-state index contributed by atoms with van der Waals surface area (Å²) in [5.74, 6) is -0.330. The van der Waals surface area contributed by atoms with Crippen LogP contribution in [0.3, 0.4) is 0 Å². The summed E-state index contributed by atoms with van der Waals surface area (Å²) in [6, 6.07) is 1.24. The molecule has 3 atom stereocenters. The summed E-state index contributed by atoms with van der Waals surface area (Å²) in [7, 11) is 0.